The summed E-state index contributed by atoms with van der Waals surface area (Å²) >= 11 is 8.09. The molecule has 2 atom stereocenters. The predicted molar refractivity (Wildman–Crippen MR) is 141 cm³/mol. The van der Waals surface area contributed by atoms with E-state index >= 15 is 0 Å². The van der Waals surface area contributed by atoms with Crippen molar-refractivity contribution in [3.05, 3.63) is 97.3 Å². The number of nitro benzene ring substituents is 1. The van der Waals surface area contributed by atoms with Gasteiger partial charge >= 0.3 is 5.97 Å². The molecule has 0 amide bonds. The Morgan fingerprint density at radius 3 is 2.72 bits per heavy atom. The zero-order chi connectivity index (χ0) is 25.8. The topological polar surface area (TPSA) is 98.5 Å². The number of carbonyl (C=O) groups is 2. The van der Waals surface area contributed by atoms with Crippen LogP contribution >= 0.6 is 23.4 Å². The number of Topliss-reactive ketones (excluding diaryl/α,β-unsaturated/α-hetero) is 1. The first kappa shape index (κ1) is 26.0. The molecule has 1 N–H and O–H groups in total. The molecule has 36 heavy (non-hydrogen) atoms. The van der Waals surface area contributed by atoms with Crippen molar-refractivity contribution in [2.45, 2.75) is 38.5 Å². The van der Waals surface area contributed by atoms with Gasteiger partial charge in [0, 0.05) is 52.2 Å². The quantitative estimate of drug-likeness (QED) is 0.198. The van der Waals surface area contributed by atoms with Crippen LogP contribution in [0.4, 0.5) is 5.69 Å². The Hall–Kier alpha value is -3.10. The Kier molecular flexibility index (Phi) is 8.16. The molecule has 0 unspecified atom stereocenters. The number of nitrogens with one attached hydrogen (secondary N) is 1. The number of nitro groups is 1. The van der Waals surface area contributed by atoms with Crippen LogP contribution in [0.15, 0.2) is 71.1 Å². The maximum atomic E-state index is 13.6. The van der Waals surface area contributed by atoms with Crippen molar-refractivity contribution in [1.82, 2.24) is 5.32 Å². The average Bonchev–Trinajstić information content (AvgIpc) is 2.86. The SMILES string of the molecule is CCSCCOC(=O)C1=C(C)NC2=C(C(=O)C[C@H](c3ccccc3Cl)C2)[C@@H]1c1cccc([N+](=O)[O-])c1. The molecular weight excluding hydrogens is 500 g/mol. The van der Waals surface area contributed by atoms with Gasteiger partial charge in [0.1, 0.15) is 6.61 Å². The van der Waals surface area contributed by atoms with Crippen LogP contribution in [0.25, 0.3) is 0 Å². The van der Waals surface area contributed by atoms with Gasteiger partial charge in [0.05, 0.1) is 10.5 Å². The van der Waals surface area contributed by atoms with Crippen molar-refractivity contribution < 1.29 is 19.2 Å². The van der Waals surface area contributed by atoms with Crippen LogP contribution in [0.3, 0.4) is 0 Å². The molecule has 9 heteroatoms. The molecule has 1 aliphatic heterocycles. The Labute approximate surface area is 219 Å². The number of thioether (sulfide) groups is 1. The van der Waals surface area contributed by atoms with Crippen molar-refractivity contribution in [2.24, 2.45) is 0 Å². The van der Waals surface area contributed by atoms with Crippen LogP contribution in [-0.2, 0) is 14.3 Å². The van der Waals surface area contributed by atoms with Crippen LogP contribution in [0, 0.1) is 10.1 Å². The van der Waals surface area contributed by atoms with Crippen LogP contribution in [0.1, 0.15) is 49.7 Å². The highest BCUT2D eigenvalue weighted by Gasteiger charge is 2.42. The van der Waals surface area contributed by atoms with E-state index in [2.05, 4.69) is 5.32 Å². The van der Waals surface area contributed by atoms with E-state index in [1.807, 2.05) is 31.2 Å². The number of non-ortho nitro benzene ring substituents is 1. The first-order chi connectivity index (χ1) is 17.3. The molecule has 0 saturated carbocycles. The summed E-state index contributed by atoms with van der Waals surface area (Å²) in [6.07, 6.45) is 0.757. The summed E-state index contributed by atoms with van der Waals surface area (Å²) in [6.45, 7) is 4.04. The lowest BCUT2D eigenvalue weighted by Gasteiger charge is -2.36. The standard InChI is InChI=1S/C27H27ClN2O5S/c1-3-36-12-11-35-27(32)24-16(2)29-22-14-18(20-9-4-5-10-21(20)28)15-23(31)26(22)25(24)17-7-6-8-19(13-17)30(33)34/h4-10,13,18,25,29H,3,11-12,14-15H2,1-2H3/t18-,25-/m1/s1. The maximum absolute atomic E-state index is 13.6. The minimum absolute atomic E-state index is 0.102. The second kappa shape index (κ2) is 11.3. The summed E-state index contributed by atoms with van der Waals surface area (Å²) in [7, 11) is 0. The maximum Gasteiger partial charge on any atom is 0.336 e. The molecule has 0 aromatic heterocycles. The molecule has 0 radical (unpaired) electrons. The van der Waals surface area contributed by atoms with Crippen molar-refractivity contribution in [3.63, 3.8) is 0 Å². The summed E-state index contributed by atoms with van der Waals surface area (Å²) in [5.41, 5.74) is 3.36. The number of rotatable bonds is 8. The van der Waals surface area contributed by atoms with Crippen LogP contribution in [-0.4, -0.2) is 34.8 Å². The summed E-state index contributed by atoms with van der Waals surface area (Å²) in [6, 6.07) is 13.6. The summed E-state index contributed by atoms with van der Waals surface area (Å²) < 4.78 is 5.56. The van der Waals surface area contributed by atoms with E-state index in [9.17, 15) is 19.7 Å². The smallest absolute Gasteiger partial charge is 0.336 e. The van der Waals surface area contributed by atoms with Gasteiger partial charge in [-0.3, -0.25) is 14.9 Å². The average molecular weight is 527 g/mol. The molecule has 2 aliphatic rings. The zero-order valence-corrected chi connectivity index (χ0v) is 21.7. The number of ether oxygens (including phenoxy) is 1. The van der Waals surface area contributed by atoms with Gasteiger partial charge in [-0.25, -0.2) is 4.79 Å². The third-order valence-electron chi connectivity index (χ3n) is 6.47. The second-order valence-corrected chi connectivity index (χ2v) is 10.5. The molecule has 7 nitrogen and oxygen atoms in total. The lowest BCUT2D eigenvalue weighted by molar-refractivity contribution is -0.384. The number of allylic oxidation sites excluding steroid dienone is 3. The summed E-state index contributed by atoms with van der Waals surface area (Å²) in [5.74, 6) is 0.0534. The van der Waals surface area contributed by atoms with E-state index in [-0.39, 0.29) is 30.4 Å². The molecule has 0 bridgehead atoms. The lowest BCUT2D eigenvalue weighted by Crippen LogP contribution is -2.36. The van der Waals surface area contributed by atoms with Crippen molar-refractivity contribution in [2.75, 3.05) is 18.1 Å². The lowest BCUT2D eigenvalue weighted by atomic mass is 9.71. The number of nitrogens with zero attached hydrogens (tertiary/aromatic N) is 1. The van der Waals surface area contributed by atoms with E-state index < -0.39 is 16.8 Å². The minimum atomic E-state index is -0.757. The summed E-state index contributed by atoms with van der Waals surface area (Å²) in [4.78, 5) is 37.9. The van der Waals surface area contributed by atoms with E-state index in [1.54, 1.807) is 30.8 Å². The molecule has 1 heterocycles. The molecule has 1 aliphatic carbocycles. The van der Waals surface area contributed by atoms with Gasteiger partial charge in [-0.1, -0.05) is 48.9 Å². The number of carbonyl (C=O) groups excluding carboxylic acids is 2. The number of ketones is 1. The molecule has 0 fully saturated rings. The predicted octanol–water partition coefficient (Wildman–Crippen LogP) is 5.91. The largest absolute Gasteiger partial charge is 0.461 e. The van der Waals surface area contributed by atoms with E-state index in [4.69, 9.17) is 16.3 Å². The molecule has 0 spiro atoms. The number of dihydropyridines is 1. The van der Waals surface area contributed by atoms with Crippen molar-refractivity contribution in [3.8, 4) is 0 Å². The fourth-order valence-electron chi connectivity index (χ4n) is 4.90. The highest BCUT2D eigenvalue weighted by atomic mass is 35.5. The Bertz CT molecular complexity index is 1270. The van der Waals surface area contributed by atoms with Gasteiger partial charge < -0.3 is 10.1 Å². The minimum Gasteiger partial charge on any atom is -0.461 e. The number of halogens is 1. The highest BCUT2D eigenvalue weighted by molar-refractivity contribution is 7.99. The fourth-order valence-corrected chi connectivity index (χ4v) is 5.68. The van der Waals surface area contributed by atoms with Crippen LogP contribution in [0.5, 0.6) is 0 Å². The first-order valence-electron chi connectivity index (χ1n) is 11.8. The third-order valence-corrected chi connectivity index (χ3v) is 7.68. The van der Waals surface area contributed by atoms with E-state index in [0.717, 1.165) is 11.3 Å². The number of hydrogen-bond donors (Lipinski definition) is 1. The van der Waals surface area contributed by atoms with Gasteiger partial charge in [0.2, 0.25) is 0 Å². The fraction of sp³-hybridized carbons (Fsp3) is 0.333. The Morgan fingerprint density at radius 2 is 2.00 bits per heavy atom. The first-order valence-corrected chi connectivity index (χ1v) is 13.3. The van der Waals surface area contributed by atoms with Crippen LogP contribution in [0.2, 0.25) is 5.02 Å². The zero-order valence-electron chi connectivity index (χ0n) is 20.1. The highest BCUT2D eigenvalue weighted by Crippen LogP contribution is 2.46. The Balaban J connectivity index is 1.76. The molecule has 188 valence electrons. The normalized spacial score (nSPS) is 19.6. The van der Waals surface area contributed by atoms with E-state index in [0.29, 0.717) is 45.3 Å². The molecule has 2 aromatic carbocycles. The summed E-state index contributed by atoms with van der Waals surface area (Å²) in [5, 5.41) is 15.4. The molecule has 4 rings (SSSR count). The van der Waals surface area contributed by atoms with Gasteiger partial charge in [0.25, 0.3) is 5.69 Å². The Morgan fingerprint density at radius 1 is 1.22 bits per heavy atom. The van der Waals surface area contributed by atoms with Crippen molar-refractivity contribution >= 4 is 40.8 Å². The van der Waals surface area contributed by atoms with Gasteiger partial charge in [-0.05, 0) is 42.2 Å². The van der Waals surface area contributed by atoms with Crippen molar-refractivity contribution in [1.29, 1.82) is 0 Å². The third kappa shape index (κ3) is 5.34. The van der Waals surface area contributed by atoms with Crippen LogP contribution < -0.4 is 5.32 Å². The molecular formula is C27H27ClN2O5S. The molecule has 2 aromatic rings. The monoisotopic (exact) mass is 526 g/mol. The van der Waals surface area contributed by atoms with Gasteiger partial charge in [-0.2, -0.15) is 11.8 Å². The number of esters is 1. The molecule has 0 saturated heterocycles. The van der Waals surface area contributed by atoms with Gasteiger partial charge in [-0.15, -0.1) is 0 Å². The van der Waals surface area contributed by atoms with E-state index in [1.165, 1.54) is 12.1 Å². The number of benzene rings is 2. The number of hydrogen-bond acceptors (Lipinski definition) is 7. The van der Waals surface area contributed by atoms with Gasteiger partial charge in [0.15, 0.2) is 5.78 Å². The second-order valence-electron chi connectivity index (χ2n) is 8.72.